The number of aliphatic hydroxyl groups is 1. The number of ketones is 1. The average Bonchev–Trinajstić information content (AvgIpc) is 2.95. The summed E-state index contributed by atoms with van der Waals surface area (Å²) in [5.41, 5.74) is 0.922. The van der Waals surface area contributed by atoms with Crippen molar-refractivity contribution in [1.82, 2.24) is 14.8 Å². The van der Waals surface area contributed by atoms with E-state index in [2.05, 4.69) is 23.7 Å². The smallest absolute Gasteiger partial charge is 0.290 e. The second-order valence-corrected chi connectivity index (χ2v) is 7.41. The summed E-state index contributed by atoms with van der Waals surface area (Å²) in [5, 5.41) is 10.3. The predicted molar refractivity (Wildman–Crippen MR) is 110 cm³/mol. The molecule has 0 saturated carbocycles. The molecule has 154 valence electrons. The molecule has 6 nitrogen and oxygen atoms in total. The molecule has 0 radical (unpaired) electrons. The second kappa shape index (κ2) is 11.0. The lowest BCUT2D eigenvalue weighted by Crippen LogP contribution is -2.35. The Morgan fingerprint density at radius 1 is 1.18 bits per heavy atom. The minimum absolute atomic E-state index is 0.173. The van der Waals surface area contributed by atoms with E-state index in [-0.39, 0.29) is 11.4 Å². The van der Waals surface area contributed by atoms with Crippen LogP contribution in [0.1, 0.15) is 64.5 Å². The minimum Gasteiger partial charge on any atom is -0.503 e. The third kappa shape index (κ3) is 5.41. The molecule has 0 fully saturated rings. The number of Topliss-reactive ketones (excluding diaryl/α,β-unsaturated/α-hetero) is 1. The van der Waals surface area contributed by atoms with Crippen LogP contribution in [0.5, 0.6) is 0 Å². The highest BCUT2D eigenvalue weighted by Gasteiger charge is 2.42. The summed E-state index contributed by atoms with van der Waals surface area (Å²) in [5.74, 6) is -1.17. The maximum atomic E-state index is 12.7. The van der Waals surface area contributed by atoms with Crippen LogP contribution in [0, 0.1) is 0 Å². The Bertz CT molecular complexity index is 680. The molecule has 1 atom stereocenters. The molecule has 1 aliphatic heterocycles. The van der Waals surface area contributed by atoms with E-state index in [1.807, 2.05) is 6.07 Å². The number of carbonyl (C=O) groups excluding carboxylic acids is 2. The van der Waals surface area contributed by atoms with Gasteiger partial charge in [0.05, 0.1) is 11.6 Å². The highest BCUT2D eigenvalue weighted by molar-refractivity contribution is 6.08. The second-order valence-electron chi connectivity index (χ2n) is 7.41. The van der Waals surface area contributed by atoms with Crippen molar-refractivity contribution < 1.29 is 14.7 Å². The first kappa shape index (κ1) is 22.1. The van der Waals surface area contributed by atoms with E-state index in [0.717, 1.165) is 44.5 Å². The Morgan fingerprint density at radius 3 is 2.36 bits per heavy atom. The van der Waals surface area contributed by atoms with Gasteiger partial charge in [-0.1, -0.05) is 32.8 Å². The van der Waals surface area contributed by atoms with Gasteiger partial charge in [0.25, 0.3) is 5.91 Å². The maximum absolute atomic E-state index is 12.7. The first-order chi connectivity index (χ1) is 13.5. The Labute approximate surface area is 168 Å². The summed E-state index contributed by atoms with van der Waals surface area (Å²) in [6.07, 6.45) is 8.77. The number of unbranched alkanes of at least 4 members (excludes halogenated alkanes) is 2. The van der Waals surface area contributed by atoms with Crippen molar-refractivity contribution in [3.63, 3.8) is 0 Å². The molecule has 2 heterocycles. The van der Waals surface area contributed by atoms with Gasteiger partial charge in [-0.3, -0.25) is 14.6 Å². The molecule has 1 amide bonds. The Balaban J connectivity index is 2.10. The highest BCUT2D eigenvalue weighted by Crippen LogP contribution is 2.37. The van der Waals surface area contributed by atoms with Crippen molar-refractivity contribution in [2.24, 2.45) is 0 Å². The summed E-state index contributed by atoms with van der Waals surface area (Å²) in [6, 6.07) is 3.06. The largest absolute Gasteiger partial charge is 0.503 e. The lowest BCUT2D eigenvalue weighted by Gasteiger charge is -2.28. The van der Waals surface area contributed by atoms with E-state index in [1.165, 1.54) is 19.8 Å². The van der Waals surface area contributed by atoms with E-state index >= 15 is 0 Å². The number of hydrogen-bond donors (Lipinski definition) is 1. The summed E-state index contributed by atoms with van der Waals surface area (Å²) in [4.78, 5) is 33.0. The number of amides is 1. The van der Waals surface area contributed by atoms with Gasteiger partial charge in [0.2, 0.25) is 0 Å². The van der Waals surface area contributed by atoms with E-state index < -0.39 is 17.7 Å². The molecule has 0 spiro atoms. The summed E-state index contributed by atoms with van der Waals surface area (Å²) in [6.45, 7) is 9.31. The third-order valence-corrected chi connectivity index (χ3v) is 5.21. The van der Waals surface area contributed by atoms with Crippen molar-refractivity contribution in [1.29, 1.82) is 0 Å². The van der Waals surface area contributed by atoms with Gasteiger partial charge >= 0.3 is 0 Å². The fourth-order valence-electron chi connectivity index (χ4n) is 3.69. The van der Waals surface area contributed by atoms with Gasteiger partial charge in [-0.25, -0.2) is 0 Å². The standard InChI is InChI=1S/C22H33N3O3/c1-4-6-12-24(13-7-5-2)14-9-15-25-20(18-10-8-11-23-16-18)19(17(3)26)21(27)22(25)28/h8,10-11,16,20,27H,4-7,9,12-15H2,1-3H3/t20-/m1/s1. The minimum atomic E-state index is -0.557. The molecule has 2 rings (SSSR count). The summed E-state index contributed by atoms with van der Waals surface area (Å²) < 4.78 is 0. The SMILES string of the molecule is CCCCN(CCCC)CCCN1C(=O)C(O)=C(C(C)=O)[C@H]1c1cccnc1. The number of aliphatic hydroxyl groups excluding tert-OH is 1. The van der Waals surface area contributed by atoms with Gasteiger partial charge < -0.3 is 14.9 Å². The Hall–Kier alpha value is -2.21. The number of pyridine rings is 1. The first-order valence-electron chi connectivity index (χ1n) is 10.4. The lowest BCUT2D eigenvalue weighted by atomic mass is 9.98. The van der Waals surface area contributed by atoms with Crippen molar-refractivity contribution in [2.45, 2.75) is 58.9 Å². The van der Waals surface area contributed by atoms with Crippen LogP contribution in [0.2, 0.25) is 0 Å². The van der Waals surface area contributed by atoms with Gasteiger partial charge in [-0.2, -0.15) is 0 Å². The van der Waals surface area contributed by atoms with E-state index in [9.17, 15) is 14.7 Å². The van der Waals surface area contributed by atoms with Gasteiger partial charge in [-0.15, -0.1) is 0 Å². The van der Waals surface area contributed by atoms with Crippen LogP contribution in [0.4, 0.5) is 0 Å². The molecule has 0 aromatic carbocycles. The van der Waals surface area contributed by atoms with Crippen LogP contribution in [-0.4, -0.2) is 57.8 Å². The first-order valence-corrected chi connectivity index (χ1v) is 10.4. The molecule has 0 aliphatic carbocycles. The molecular formula is C22H33N3O3. The van der Waals surface area contributed by atoms with Crippen molar-refractivity contribution >= 4 is 11.7 Å². The van der Waals surface area contributed by atoms with Crippen molar-refractivity contribution in [3.05, 3.63) is 41.4 Å². The number of carbonyl (C=O) groups is 2. The van der Waals surface area contributed by atoms with E-state index in [4.69, 9.17) is 0 Å². The molecular weight excluding hydrogens is 354 g/mol. The number of nitrogens with zero attached hydrogens (tertiary/aromatic N) is 3. The van der Waals surface area contributed by atoms with Crippen LogP contribution in [0.25, 0.3) is 0 Å². The molecule has 1 aromatic rings. The molecule has 0 bridgehead atoms. The normalized spacial score (nSPS) is 17.1. The zero-order chi connectivity index (χ0) is 20.5. The van der Waals surface area contributed by atoms with Gasteiger partial charge in [0.1, 0.15) is 0 Å². The molecule has 28 heavy (non-hydrogen) atoms. The fourth-order valence-corrected chi connectivity index (χ4v) is 3.69. The van der Waals surface area contributed by atoms with E-state index in [1.54, 1.807) is 23.4 Å². The fraction of sp³-hybridized carbons (Fsp3) is 0.591. The topological polar surface area (TPSA) is 73.7 Å². The predicted octanol–water partition coefficient (Wildman–Crippen LogP) is 3.66. The zero-order valence-corrected chi connectivity index (χ0v) is 17.4. The maximum Gasteiger partial charge on any atom is 0.290 e. The Kier molecular flexibility index (Phi) is 8.64. The quantitative estimate of drug-likeness (QED) is 0.592. The third-order valence-electron chi connectivity index (χ3n) is 5.21. The highest BCUT2D eigenvalue weighted by atomic mass is 16.3. The van der Waals surface area contributed by atoms with E-state index in [0.29, 0.717) is 6.54 Å². The Morgan fingerprint density at radius 2 is 1.82 bits per heavy atom. The van der Waals surface area contributed by atoms with Gasteiger partial charge in [0, 0.05) is 18.9 Å². The van der Waals surface area contributed by atoms with Crippen LogP contribution in [0.15, 0.2) is 35.9 Å². The monoisotopic (exact) mass is 387 g/mol. The number of rotatable bonds is 12. The van der Waals surface area contributed by atoms with Gasteiger partial charge in [0.15, 0.2) is 11.5 Å². The zero-order valence-electron chi connectivity index (χ0n) is 17.4. The summed E-state index contributed by atoms with van der Waals surface area (Å²) >= 11 is 0. The molecule has 6 heteroatoms. The van der Waals surface area contributed by atoms with Crippen LogP contribution < -0.4 is 0 Å². The molecule has 0 unspecified atom stereocenters. The molecule has 1 aliphatic rings. The lowest BCUT2D eigenvalue weighted by molar-refractivity contribution is -0.129. The number of aromatic nitrogens is 1. The van der Waals surface area contributed by atoms with Crippen molar-refractivity contribution in [2.75, 3.05) is 26.2 Å². The van der Waals surface area contributed by atoms with Crippen LogP contribution in [0.3, 0.4) is 0 Å². The van der Waals surface area contributed by atoms with Crippen LogP contribution in [-0.2, 0) is 9.59 Å². The van der Waals surface area contributed by atoms with Gasteiger partial charge in [-0.05, 0) is 57.5 Å². The van der Waals surface area contributed by atoms with Crippen molar-refractivity contribution in [3.8, 4) is 0 Å². The summed E-state index contributed by atoms with van der Waals surface area (Å²) in [7, 11) is 0. The number of hydrogen-bond acceptors (Lipinski definition) is 5. The van der Waals surface area contributed by atoms with Crippen LogP contribution >= 0.6 is 0 Å². The average molecular weight is 388 g/mol. The molecule has 1 aromatic heterocycles. The molecule has 0 saturated heterocycles. The molecule has 1 N–H and O–H groups in total.